The Hall–Kier alpha value is -1.01. The Balaban J connectivity index is 1.85. The van der Waals surface area contributed by atoms with E-state index in [0.29, 0.717) is 12.3 Å². The fraction of sp³-hybridized carbons (Fsp3) is 0.500. The van der Waals surface area contributed by atoms with Crippen LogP contribution < -0.4 is 0 Å². The van der Waals surface area contributed by atoms with Crippen LogP contribution in [-0.2, 0) is 9.59 Å². The fourth-order valence-corrected chi connectivity index (χ4v) is 3.81. The van der Waals surface area contributed by atoms with E-state index in [9.17, 15) is 9.59 Å². The summed E-state index contributed by atoms with van der Waals surface area (Å²) >= 11 is 3.14. The van der Waals surface area contributed by atoms with Crippen LogP contribution in [0.3, 0.4) is 0 Å². The van der Waals surface area contributed by atoms with Crippen LogP contribution >= 0.6 is 23.1 Å². The van der Waals surface area contributed by atoms with Gasteiger partial charge in [-0.05, 0) is 24.3 Å². The van der Waals surface area contributed by atoms with Crippen molar-refractivity contribution in [3.63, 3.8) is 0 Å². The maximum absolute atomic E-state index is 12.0. The predicted molar refractivity (Wildman–Crippen MR) is 72.0 cm³/mol. The Morgan fingerprint density at radius 1 is 1.56 bits per heavy atom. The average Bonchev–Trinajstić information content (AvgIpc) is 2.95. The minimum atomic E-state index is -0.828. The van der Waals surface area contributed by atoms with Crippen molar-refractivity contribution < 1.29 is 14.7 Å². The summed E-state index contributed by atoms with van der Waals surface area (Å²) in [6.07, 6.45) is 1.78. The number of thiophene rings is 1. The van der Waals surface area contributed by atoms with E-state index in [4.69, 9.17) is 5.11 Å². The molecule has 0 radical (unpaired) electrons. The van der Waals surface area contributed by atoms with Gasteiger partial charge in [0.15, 0.2) is 0 Å². The van der Waals surface area contributed by atoms with Gasteiger partial charge in [0.05, 0.1) is 16.4 Å². The molecule has 2 heterocycles. The third-order valence-corrected chi connectivity index (χ3v) is 5.06. The first-order chi connectivity index (χ1) is 8.66. The van der Waals surface area contributed by atoms with Crippen LogP contribution in [0.25, 0.3) is 0 Å². The van der Waals surface area contributed by atoms with Crippen molar-refractivity contribution in [3.05, 3.63) is 17.5 Å². The summed E-state index contributed by atoms with van der Waals surface area (Å²) in [4.78, 5) is 24.5. The van der Waals surface area contributed by atoms with Crippen LogP contribution in [0.4, 0.5) is 0 Å². The van der Waals surface area contributed by atoms with Gasteiger partial charge in [0, 0.05) is 12.6 Å². The van der Waals surface area contributed by atoms with E-state index in [0.717, 1.165) is 17.1 Å². The molecular formula is C12H15NO3S2. The number of aliphatic carboxylic acids is 1. The summed E-state index contributed by atoms with van der Waals surface area (Å²) in [5.74, 6) is -0.376. The molecule has 1 N–H and O–H groups in total. The topological polar surface area (TPSA) is 57.6 Å². The van der Waals surface area contributed by atoms with Crippen LogP contribution in [-0.4, -0.2) is 40.2 Å². The highest BCUT2D eigenvalue weighted by Gasteiger charge is 2.30. The molecule has 1 saturated heterocycles. The molecule has 2 rings (SSSR count). The van der Waals surface area contributed by atoms with Crippen LogP contribution in [0.15, 0.2) is 21.7 Å². The summed E-state index contributed by atoms with van der Waals surface area (Å²) in [7, 11) is 0. The largest absolute Gasteiger partial charge is 0.481 e. The molecule has 0 bridgehead atoms. The molecule has 1 aliphatic rings. The zero-order chi connectivity index (χ0) is 13.0. The van der Waals surface area contributed by atoms with Gasteiger partial charge in [0.2, 0.25) is 5.91 Å². The van der Waals surface area contributed by atoms with Crippen LogP contribution in [0.1, 0.15) is 19.3 Å². The Bertz CT molecular complexity index is 419. The number of nitrogens with zero attached hydrogens (tertiary/aromatic N) is 1. The number of rotatable bonds is 5. The van der Waals surface area contributed by atoms with Gasteiger partial charge >= 0.3 is 5.97 Å². The molecule has 0 spiro atoms. The van der Waals surface area contributed by atoms with Crippen molar-refractivity contribution in [1.29, 1.82) is 0 Å². The number of carbonyl (C=O) groups is 2. The molecule has 6 heteroatoms. The third-order valence-electron chi connectivity index (χ3n) is 2.94. The van der Waals surface area contributed by atoms with Crippen molar-refractivity contribution in [2.45, 2.75) is 29.5 Å². The Labute approximate surface area is 114 Å². The minimum absolute atomic E-state index is 0.0529. The standard InChI is InChI=1S/C12H15NO3S2/c14-10(8-18-12-4-2-6-17-12)13-5-1-3-9(13)7-11(15)16/h2,4,6,9H,1,3,5,7-8H2,(H,15,16). The molecule has 1 atom stereocenters. The maximum Gasteiger partial charge on any atom is 0.305 e. The van der Waals surface area contributed by atoms with Gasteiger partial charge in [-0.3, -0.25) is 9.59 Å². The molecule has 1 aliphatic heterocycles. The smallest absolute Gasteiger partial charge is 0.305 e. The van der Waals surface area contributed by atoms with E-state index < -0.39 is 5.97 Å². The van der Waals surface area contributed by atoms with Gasteiger partial charge in [-0.25, -0.2) is 0 Å². The molecular weight excluding hydrogens is 270 g/mol. The first-order valence-corrected chi connectivity index (χ1v) is 7.71. The molecule has 1 aromatic heterocycles. The lowest BCUT2D eigenvalue weighted by Crippen LogP contribution is -2.37. The van der Waals surface area contributed by atoms with Gasteiger partial charge < -0.3 is 10.0 Å². The normalized spacial score (nSPS) is 19.1. The van der Waals surface area contributed by atoms with Crippen molar-refractivity contribution in [3.8, 4) is 0 Å². The Morgan fingerprint density at radius 2 is 2.39 bits per heavy atom. The van der Waals surface area contributed by atoms with E-state index in [1.807, 2.05) is 17.5 Å². The number of carboxylic acid groups (broad SMARTS) is 1. The SMILES string of the molecule is O=C(O)CC1CCCN1C(=O)CSc1cccs1. The summed E-state index contributed by atoms with van der Waals surface area (Å²) < 4.78 is 1.12. The number of carboxylic acids is 1. The highest BCUT2D eigenvalue weighted by molar-refractivity contribution is 8.01. The van der Waals surface area contributed by atoms with Crippen LogP contribution in [0.5, 0.6) is 0 Å². The molecule has 0 aliphatic carbocycles. The zero-order valence-corrected chi connectivity index (χ0v) is 11.5. The number of thioether (sulfide) groups is 1. The lowest BCUT2D eigenvalue weighted by atomic mass is 10.1. The second-order valence-electron chi connectivity index (χ2n) is 4.20. The molecule has 98 valence electrons. The van der Waals surface area contributed by atoms with Gasteiger partial charge in [-0.15, -0.1) is 23.1 Å². The molecule has 18 heavy (non-hydrogen) atoms. The van der Waals surface area contributed by atoms with E-state index in [1.54, 1.807) is 16.2 Å². The quantitative estimate of drug-likeness (QED) is 0.843. The summed E-state index contributed by atoms with van der Waals surface area (Å²) in [6, 6.07) is 3.83. The van der Waals surface area contributed by atoms with Crippen molar-refractivity contribution in [1.82, 2.24) is 4.90 Å². The number of hydrogen-bond acceptors (Lipinski definition) is 4. The molecule has 1 fully saturated rings. The van der Waals surface area contributed by atoms with E-state index in [1.165, 1.54) is 11.8 Å². The molecule has 1 amide bonds. The highest BCUT2D eigenvalue weighted by Crippen LogP contribution is 2.26. The van der Waals surface area contributed by atoms with E-state index >= 15 is 0 Å². The second kappa shape index (κ2) is 6.24. The number of carbonyl (C=O) groups excluding carboxylic acids is 1. The Kier molecular flexibility index (Phi) is 4.66. The van der Waals surface area contributed by atoms with Gasteiger partial charge in [-0.2, -0.15) is 0 Å². The first kappa shape index (κ1) is 13.4. The number of likely N-dealkylation sites (tertiary alicyclic amines) is 1. The minimum Gasteiger partial charge on any atom is -0.481 e. The summed E-state index contributed by atoms with van der Waals surface area (Å²) in [5, 5.41) is 10.8. The van der Waals surface area contributed by atoms with E-state index in [-0.39, 0.29) is 18.4 Å². The monoisotopic (exact) mass is 285 g/mol. The van der Waals surface area contributed by atoms with E-state index in [2.05, 4.69) is 0 Å². The average molecular weight is 285 g/mol. The van der Waals surface area contributed by atoms with Crippen LogP contribution in [0, 0.1) is 0 Å². The van der Waals surface area contributed by atoms with Crippen molar-refractivity contribution in [2.75, 3.05) is 12.3 Å². The second-order valence-corrected chi connectivity index (χ2v) is 6.43. The number of hydrogen-bond donors (Lipinski definition) is 1. The van der Waals surface area contributed by atoms with Crippen LogP contribution in [0.2, 0.25) is 0 Å². The zero-order valence-electron chi connectivity index (χ0n) is 9.87. The van der Waals surface area contributed by atoms with Crippen molar-refractivity contribution >= 4 is 35.0 Å². The first-order valence-electron chi connectivity index (χ1n) is 5.84. The highest BCUT2D eigenvalue weighted by atomic mass is 32.2. The molecule has 4 nitrogen and oxygen atoms in total. The molecule has 1 aromatic rings. The molecule has 0 saturated carbocycles. The summed E-state index contributed by atoms with van der Waals surface area (Å²) in [5.41, 5.74) is 0. The lowest BCUT2D eigenvalue weighted by Gasteiger charge is -2.23. The maximum atomic E-state index is 12.0. The fourth-order valence-electron chi connectivity index (χ4n) is 2.14. The number of amides is 1. The van der Waals surface area contributed by atoms with Gasteiger partial charge in [0.25, 0.3) is 0 Å². The Morgan fingerprint density at radius 3 is 3.06 bits per heavy atom. The summed E-state index contributed by atoms with van der Waals surface area (Å²) in [6.45, 7) is 0.696. The van der Waals surface area contributed by atoms with Gasteiger partial charge in [-0.1, -0.05) is 6.07 Å². The predicted octanol–water partition coefficient (Wildman–Crippen LogP) is 2.31. The van der Waals surface area contributed by atoms with Gasteiger partial charge in [0.1, 0.15) is 0 Å². The lowest BCUT2D eigenvalue weighted by molar-refractivity contribution is -0.139. The third kappa shape index (κ3) is 3.49. The molecule has 0 aromatic carbocycles. The molecule has 1 unspecified atom stereocenters. The van der Waals surface area contributed by atoms with Crippen molar-refractivity contribution in [2.24, 2.45) is 0 Å².